The number of ether oxygens (including phenoxy) is 1. The Morgan fingerprint density at radius 2 is 1.93 bits per heavy atom. The average molecular weight is 443 g/mol. The van der Waals surface area contributed by atoms with Gasteiger partial charge < -0.3 is 10.1 Å². The lowest BCUT2D eigenvalue weighted by atomic mass is 10.2. The predicted octanol–water partition coefficient (Wildman–Crippen LogP) is 4.05. The van der Waals surface area contributed by atoms with E-state index < -0.39 is 15.9 Å². The summed E-state index contributed by atoms with van der Waals surface area (Å²) in [5.41, 5.74) is 0.684. The zero-order valence-corrected chi connectivity index (χ0v) is 17.5. The number of halogens is 2. The fourth-order valence-corrected chi connectivity index (χ4v) is 4.48. The maximum absolute atomic E-state index is 12.7. The zero-order valence-electron chi connectivity index (χ0n) is 15.2. The van der Waals surface area contributed by atoms with Crippen LogP contribution in [0.25, 0.3) is 0 Å². The van der Waals surface area contributed by atoms with E-state index in [9.17, 15) is 13.2 Å². The standard InChI is InChI=1S/C19H20Cl2N2O4S/c1-23(12-14-4-3-11-27-14)28(25,26)15-9-7-13(8-10-15)19(24)22-17-6-2-5-16(20)18(17)21/h2,5-10,14H,3-4,11-12H2,1H3,(H,22,24). The molecular weight excluding hydrogens is 423 g/mol. The SMILES string of the molecule is CN(CC1CCCO1)S(=O)(=O)c1ccc(C(=O)Nc2cccc(Cl)c2Cl)cc1. The molecule has 0 aromatic heterocycles. The highest BCUT2D eigenvalue weighted by Gasteiger charge is 2.26. The van der Waals surface area contributed by atoms with Gasteiger partial charge in [0.25, 0.3) is 5.91 Å². The number of rotatable bonds is 6. The summed E-state index contributed by atoms with van der Waals surface area (Å²) in [6.07, 6.45) is 1.72. The van der Waals surface area contributed by atoms with Crippen LogP contribution >= 0.6 is 23.2 Å². The van der Waals surface area contributed by atoms with Crippen LogP contribution in [-0.4, -0.2) is 44.9 Å². The minimum absolute atomic E-state index is 0.0766. The highest BCUT2D eigenvalue weighted by molar-refractivity contribution is 7.89. The number of nitrogens with zero attached hydrogens (tertiary/aromatic N) is 1. The van der Waals surface area contributed by atoms with E-state index in [4.69, 9.17) is 27.9 Å². The van der Waals surface area contributed by atoms with Crippen LogP contribution < -0.4 is 5.32 Å². The summed E-state index contributed by atoms with van der Waals surface area (Å²) in [5, 5.41) is 3.24. The van der Waals surface area contributed by atoms with E-state index in [0.29, 0.717) is 29.4 Å². The molecule has 0 saturated carbocycles. The predicted molar refractivity (Wildman–Crippen MR) is 110 cm³/mol. The summed E-state index contributed by atoms with van der Waals surface area (Å²) in [7, 11) is -2.13. The van der Waals surface area contributed by atoms with E-state index in [0.717, 1.165) is 12.8 Å². The van der Waals surface area contributed by atoms with Crippen molar-refractivity contribution in [3.63, 3.8) is 0 Å². The molecule has 1 saturated heterocycles. The van der Waals surface area contributed by atoms with Crippen LogP contribution in [-0.2, 0) is 14.8 Å². The number of nitrogens with one attached hydrogen (secondary N) is 1. The third-order valence-corrected chi connectivity index (χ3v) is 7.17. The summed E-state index contributed by atoms with van der Waals surface area (Å²) in [6, 6.07) is 10.7. The second kappa shape index (κ2) is 8.80. The molecule has 3 rings (SSSR count). The Bertz CT molecular complexity index is 958. The number of amides is 1. The van der Waals surface area contributed by atoms with E-state index in [2.05, 4.69) is 5.32 Å². The summed E-state index contributed by atoms with van der Waals surface area (Å²) in [4.78, 5) is 12.5. The molecule has 1 atom stereocenters. The molecule has 150 valence electrons. The van der Waals surface area contributed by atoms with Crippen LogP contribution in [0.3, 0.4) is 0 Å². The van der Waals surface area contributed by atoms with Crippen LogP contribution in [0.5, 0.6) is 0 Å². The van der Waals surface area contributed by atoms with Crippen LogP contribution in [0.4, 0.5) is 5.69 Å². The van der Waals surface area contributed by atoms with E-state index in [1.165, 1.54) is 35.6 Å². The lowest BCUT2D eigenvalue weighted by Gasteiger charge is -2.20. The van der Waals surface area contributed by atoms with Gasteiger partial charge in [-0.3, -0.25) is 4.79 Å². The summed E-state index contributed by atoms with van der Waals surface area (Å²) in [5.74, 6) is -0.416. The fraction of sp³-hybridized carbons (Fsp3) is 0.316. The van der Waals surface area contributed by atoms with E-state index in [1.807, 2.05) is 0 Å². The van der Waals surface area contributed by atoms with Gasteiger partial charge in [-0.25, -0.2) is 8.42 Å². The maximum atomic E-state index is 12.7. The third-order valence-electron chi connectivity index (χ3n) is 4.51. The van der Waals surface area contributed by atoms with Crippen molar-refractivity contribution in [2.45, 2.75) is 23.8 Å². The summed E-state index contributed by atoms with van der Waals surface area (Å²) < 4.78 is 32.2. The Labute approximate surface area is 174 Å². The molecule has 2 aromatic carbocycles. The van der Waals surface area contributed by atoms with Gasteiger partial charge in [0.15, 0.2) is 0 Å². The molecule has 1 N–H and O–H groups in total. The van der Waals surface area contributed by atoms with E-state index in [1.54, 1.807) is 18.2 Å². The highest BCUT2D eigenvalue weighted by Crippen LogP contribution is 2.30. The molecule has 9 heteroatoms. The van der Waals surface area contributed by atoms with E-state index >= 15 is 0 Å². The van der Waals surface area contributed by atoms with Gasteiger partial charge in [-0.15, -0.1) is 0 Å². The molecule has 1 fully saturated rings. The topological polar surface area (TPSA) is 75.7 Å². The van der Waals surface area contributed by atoms with Crippen molar-refractivity contribution in [1.29, 1.82) is 0 Å². The van der Waals surface area contributed by atoms with Crippen molar-refractivity contribution >= 4 is 44.8 Å². The highest BCUT2D eigenvalue weighted by atomic mass is 35.5. The molecule has 1 heterocycles. The van der Waals surface area contributed by atoms with Gasteiger partial charge in [0.05, 0.1) is 26.7 Å². The van der Waals surface area contributed by atoms with E-state index in [-0.39, 0.29) is 16.0 Å². The van der Waals surface area contributed by atoms with Gasteiger partial charge in [0, 0.05) is 25.8 Å². The minimum Gasteiger partial charge on any atom is -0.377 e. The summed E-state index contributed by atoms with van der Waals surface area (Å²) in [6.45, 7) is 0.969. The lowest BCUT2D eigenvalue weighted by Crippen LogP contribution is -2.34. The minimum atomic E-state index is -3.66. The molecule has 1 unspecified atom stereocenters. The van der Waals surface area contributed by atoms with Crippen molar-refractivity contribution in [2.75, 3.05) is 25.5 Å². The van der Waals surface area contributed by atoms with Crippen molar-refractivity contribution in [3.05, 3.63) is 58.1 Å². The number of carbonyl (C=O) groups is 1. The molecule has 1 amide bonds. The van der Waals surface area contributed by atoms with Crippen molar-refractivity contribution in [1.82, 2.24) is 4.31 Å². The first-order chi connectivity index (χ1) is 13.3. The van der Waals surface area contributed by atoms with Crippen LogP contribution in [0.1, 0.15) is 23.2 Å². The molecule has 2 aromatic rings. The van der Waals surface area contributed by atoms with Crippen LogP contribution in [0.15, 0.2) is 47.4 Å². The van der Waals surface area contributed by atoms with Crippen molar-refractivity contribution in [3.8, 4) is 0 Å². The molecule has 1 aliphatic rings. The second-order valence-electron chi connectivity index (χ2n) is 6.50. The smallest absolute Gasteiger partial charge is 0.255 e. The van der Waals surface area contributed by atoms with Crippen LogP contribution in [0, 0.1) is 0 Å². The number of hydrogen-bond donors (Lipinski definition) is 1. The average Bonchev–Trinajstić information content (AvgIpc) is 3.18. The fourth-order valence-electron chi connectivity index (χ4n) is 2.93. The number of sulfonamides is 1. The molecule has 0 radical (unpaired) electrons. The Kier molecular flexibility index (Phi) is 6.62. The Hall–Kier alpha value is -1.64. The molecular formula is C19H20Cl2N2O4S. The van der Waals surface area contributed by atoms with Crippen molar-refractivity contribution in [2.24, 2.45) is 0 Å². The first kappa shape index (κ1) is 21.1. The molecule has 1 aliphatic heterocycles. The number of carbonyl (C=O) groups excluding carboxylic acids is 1. The molecule has 0 spiro atoms. The first-order valence-electron chi connectivity index (χ1n) is 8.72. The lowest BCUT2D eigenvalue weighted by molar-refractivity contribution is 0.0979. The number of benzene rings is 2. The molecule has 0 bridgehead atoms. The Morgan fingerprint density at radius 3 is 2.57 bits per heavy atom. The van der Waals surface area contributed by atoms with Gasteiger partial charge in [-0.2, -0.15) is 4.31 Å². The number of likely N-dealkylation sites (N-methyl/N-ethyl adjacent to an activating group) is 1. The molecule has 0 aliphatic carbocycles. The molecule has 6 nitrogen and oxygen atoms in total. The summed E-state index contributed by atoms with van der Waals surface area (Å²) >= 11 is 12.0. The number of anilines is 1. The molecule has 28 heavy (non-hydrogen) atoms. The largest absolute Gasteiger partial charge is 0.377 e. The zero-order chi connectivity index (χ0) is 20.3. The van der Waals surface area contributed by atoms with Gasteiger partial charge in [0.2, 0.25) is 10.0 Å². The Balaban J connectivity index is 1.71. The van der Waals surface area contributed by atoms with Gasteiger partial charge >= 0.3 is 0 Å². The van der Waals surface area contributed by atoms with Gasteiger partial charge in [-0.05, 0) is 49.2 Å². The van der Waals surface area contributed by atoms with Crippen LogP contribution in [0.2, 0.25) is 10.0 Å². The maximum Gasteiger partial charge on any atom is 0.255 e. The quantitative estimate of drug-likeness (QED) is 0.731. The van der Waals surface area contributed by atoms with Gasteiger partial charge in [-0.1, -0.05) is 29.3 Å². The number of hydrogen-bond acceptors (Lipinski definition) is 4. The Morgan fingerprint density at radius 1 is 1.21 bits per heavy atom. The normalized spacial score (nSPS) is 17.1. The van der Waals surface area contributed by atoms with Gasteiger partial charge in [0.1, 0.15) is 0 Å². The first-order valence-corrected chi connectivity index (χ1v) is 10.9. The second-order valence-corrected chi connectivity index (χ2v) is 9.33. The third kappa shape index (κ3) is 4.67. The monoisotopic (exact) mass is 442 g/mol. The van der Waals surface area contributed by atoms with Crippen molar-refractivity contribution < 1.29 is 17.9 Å².